The Morgan fingerprint density at radius 3 is 2.35 bits per heavy atom. The Morgan fingerprint density at radius 2 is 1.68 bits per heavy atom. The van der Waals surface area contributed by atoms with Crippen LogP contribution < -0.4 is 5.32 Å². The van der Waals surface area contributed by atoms with Crippen molar-refractivity contribution in [3.63, 3.8) is 0 Å². The van der Waals surface area contributed by atoms with Crippen LogP contribution >= 0.6 is 0 Å². The number of esters is 1. The van der Waals surface area contributed by atoms with Gasteiger partial charge in [-0.25, -0.2) is 4.79 Å². The maximum absolute atomic E-state index is 13.6. The van der Waals surface area contributed by atoms with E-state index in [1.54, 1.807) is 42.5 Å². The molecule has 0 heterocycles. The second-order valence-electron chi connectivity index (χ2n) is 6.40. The number of rotatable bonds is 3. The average molecular weight is 423 g/mol. The van der Waals surface area contributed by atoms with Gasteiger partial charge in [0.05, 0.1) is 18.2 Å². The lowest BCUT2D eigenvalue weighted by molar-refractivity contribution is -0.137. The van der Waals surface area contributed by atoms with Crippen LogP contribution in [0.2, 0.25) is 0 Å². The number of alkyl halides is 3. The molecule has 0 aromatic heterocycles. The molecule has 0 fully saturated rings. The second kappa shape index (κ2) is 9.18. The van der Waals surface area contributed by atoms with Crippen molar-refractivity contribution in [1.82, 2.24) is 0 Å². The number of carbonyl (C=O) groups is 2. The van der Waals surface area contributed by atoms with Gasteiger partial charge in [0.2, 0.25) is 0 Å². The highest BCUT2D eigenvalue weighted by atomic mass is 19.4. The van der Waals surface area contributed by atoms with E-state index >= 15 is 0 Å². The summed E-state index contributed by atoms with van der Waals surface area (Å²) in [7, 11) is 1.23. The average Bonchev–Trinajstić information content (AvgIpc) is 2.77. The van der Waals surface area contributed by atoms with Crippen molar-refractivity contribution >= 4 is 17.6 Å². The van der Waals surface area contributed by atoms with E-state index in [0.29, 0.717) is 11.3 Å². The summed E-state index contributed by atoms with van der Waals surface area (Å²) in [6, 6.07) is 17.9. The minimum Gasteiger partial charge on any atom is -0.465 e. The Morgan fingerprint density at radius 1 is 0.935 bits per heavy atom. The van der Waals surface area contributed by atoms with Crippen LogP contribution in [-0.4, -0.2) is 19.0 Å². The van der Waals surface area contributed by atoms with Gasteiger partial charge < -0.3 is 10.1 Å². The summed E-state index contributed by atoms with van der Waals surface area (Å²) in [5, 5.41) is 2.47. The molecule has 0 saturated heterocycles. The predicted molar refractivity (Wildman–Crippen MR) is 110 cm³/mol. The van der Waals surface area contributed by atoms with Gasteiger partial charge in [0.15, 0.2) is 0 Å². The molecule has 0 radical (unpaired) electrons. The molecule has 4 nitrogen and oxygen atoms in total. The van der Waals surface area contributed by atoms with Crippen molar-refractivity contribution in [2.45, 2.75) is 6.18 Å². The quantitative estimate of drug-likeness (QED) is 0.468. The van der Waals surface area contributed by atoms with Crippen LogP contribution in [0.3, 0.4) is 0 Å². The Bertz CT molecular complexity index is 1180. The summed E-state index contributed by atoms with van der Waals surface area (Å²) in [6.07, 6.45) is -4.58. The number of hydrogen-bond donors (Lipinski definition) is 1. The van der Waals surface area contributed by atoms with Crippen LogP contribution in [0, 0.1) is 11.8 Å². The van der Waals surface area contributed by atoms with Crippen molar-refractivity contribution in [2.75, 3.05) is 12.4 Å². The summed E-state index contributed by atoms with van der Waals surface area (Å²) in [4.78, 5) is 23.6. The molecule has 0 spiro atoms. The SMILES string of the molecule is COC(=O)c1cccc(NC(=O)C#Cc2ccc(-c3ccccc3)c(C(F)(F)F)c2)c1. The van der Waals surface area contributed by atoms with E-state index in [9.17, 15) is 22.8 Å². The fraction of sp³-hybridized carbons (Fsp3) is 0.0833. The molecular weight excluding hydrogens is 407 g/mol. The summed E-state index contributed by atoms with van der Waals surface area (Å²) in [6.45, 7) is 0. The number of hydrogen-bond acceptors (Lipinski definition) is 3. The number of methoxy groups -OCH3 is 1. The first-order valence-corrected chi connectivity index (χ1v) is 9.06. The van der Waals surface area contributed by atoms with Gasteiger partial charge in [-0.3, -0.25) is 4.79 Å². The van der Waals surface area contributed by atoms with Gasteiger partial charge in [0.25, 0.3) is 0 Å². The minimum absolute atomic E-state index is 0.0303. The molecule has 0 unspecified atom stereocenters. The van der Waals surface area contributed by atoms with Crippen LogP contribution in [0.1, 0.15) is 21.5 Å². The standard InChI is InChI=1S/C24H16F3NO3/c1-31-23(30)18-8-5-9-19(15-18)28-22(29)13-11-16-10-12-20(17-6-3-2-4-7-17)21(14-16)24(25,26)27/h2-10,12,14-15H,1H3,(H,28,29). The van der Waals surface area contributed by atoms with Gasteiger partial charge in [0, 0.05) is 17.2 Å². The van der Waals surface area contributed by atoms with Crippen LogP contribution in [0.15, 0.2) is 72.8 Å². The van der Waals surface area contributed by atoms with Crippen molar-refractivity contribution < 1.29 is 27.5 Å². The maximum atomic E-state index is 13.6. The normalized spacial score (nSPS) is 10.6. The van der Waals surface area contributed by atoms with Crippen LogP contribution in [0.5, 0.6) is 0 Å². The van der Waals surface area contributed by atoms with E-state index in [1.807, 2.05) is 0 Å². The third-order valence-electron chi connectivity index (χ3n) is 4.27. The number of amides is 1. The number of nitrogens with one attached hydrogen (secondary N) is 1. The van der Waals surface area contributed by atoms with Gasteiger partial charge >= 0.3 is 18.1 Å². The van der Waals surface area contributed by atoms with Crippen LogP contribution in [-0.2, 0) is 15.7 Å². The van der Waals surface area contributed by atoms with Gasteiger partial charge in [-0.1, -0.05) is 48.4 Å². The highest BCUT2D eigenvalue weighted by molar-refractivity contribution is 6.05. The Balaban J connectivity index is 1.84. The molecule has 156 valence electrons. The molecule has 0 atom stereocenters. The van der Waals surface area contributed by atoms with Crippen molar-refractivity contribution in [2.24, 2.45) is 0 Å². The first kappa shape index (κ1) is 21.7. The van der Waals surface area contributed by atoms with Crippen molar-refractivity contribution in [1.29, 1.82) is 0 Å². The lowest BCUT2D eigenvalue weighted by Crippen LogP contribution is -2.10. The molecule has 1 amide bonds. The van der Waals surface area contributed by atoms with E-state index in [-0.39, 0.29) is 16.7 Å². The Kier molecular flexibility index (Phi) is 6.41. The summed E-state index contributed by atoms with van der Waals surface area (Å²) >= 11 is 0. The number of carbonyl (C=O) groups excluding carboxylic acids is 2. The zero-order chi connectivity index (χ0) is 22.4. The van der Waals surface area contributed by atoms with E-state index in [2.05, 4.69) is 21.9 Å². The minimum atomic E-state index is -4.58. The van der Waals surface area contributed by atoms with Crippen molar-refractivity contribution in [3.8, 4) is 23.0 Å². The van der Waals surface area contributed by atoms with E-state index < -0.39 is 23.6 Å². The summed E-state index contributed by atoms with van der Waals surface area (Å²) < 4.78 is 45.3. The van der Waals surface area contributed by atoms with E-state index in [1.165, 1.54) is 31.4 Å². The lowest BCUT2D eigenvalue weighted by atomic mass is 9.97. The van der Waals surface area contributed by atoms with Gasteiger partial charge in [-0.2, -0.15) is 13.2 Å². The lowest BCUT2D eigenvalue weighted by Gasteiger charge is -2.13. The van der Waals surface area contributed by atoms with Crippen LogP contribution in [0.25, 0.3) is 11.1 Å². The van der Waals surface area contributed by atoms with E-state index in [4.69, 9.17) is 0 Å². The van der Waals surface area contributed by atoms with Crippen molar-refractivity contribution in [3.05, 3.63) is 89.5 Å². The molecule has 0 aliphatic carbocycles. The summed E-state index contributed by atoms with van der Waals surface area (Å²) in [5.74, 6) is 3.41. The van der Waals surface area contributed by atoms with E-state index in [0.717, 1.165) is 6.07 Å². The zero-order valence-electron chi connectivity index (χ0n) is 16.3. The highest BCUT2D eigenvalue weighted by Crippen LogP contribution is 2.37. The number of benzene rings is 3. The highest BCUT2D eigenvalue weighted by Gasteiger charge is 2.33. The van der Waals surface area contributed by atoms with Gasteiger partial charge in [0.1, 0.15) is 0 Å². The third-order valence-corrected chi connectivity index (χ3v) is 4.27. The summed E-state index contributed by atoms with van der Waals surface area (Å²) in [5.41, 5.74) is 0.208. The molecule has 0 aliphatic heterocycles. The Labute approximate surface area is 176 Å². The maximum Gasteiger partial charge on any atom is 0.417 e. The van der Waals surface area contributed by atoms with Gasteiger partial charge in [-0.05, 0) is 41.5 Å². The fourth-order valence-corrected chi connectivity index (χ4v) is 2.86. The fourth-order valence-electron chi connectivity index (χ4n) is 2.86. The first-order valence-electron chi connectivity index (χ1n) is 9.06. The molecule has 3 aromatic rings. The largest absolute Gasteiger partial charge is 0.465 e. The molecule has 0 saturated carbocycles. The molecule has 1 N–H and O–H groups in total. The molecule has 7 heteroatoms. The smallest absolute Gasteiger partial charge is 0.417 e. The molecule has 0 aliphatic rings. The molecule has 31 heavy (non-hydrogen) atoms. The monoisotopic (exact) mass is 423 g/mol. The topological polar surface area (TPSA) is 55.4 Å². The molecule has 3 rings (SSSR count). The zero-order valence-corrected chi connectivity index (χ0v) is 16.3. The van der Waals surface area contributed by atoms with Gasteiger partial charge in [-0.15, -0.1) is 0 Å². The van der Waals surface area contributed by atoms with Crippen LogP contribution in [0.4, 0.5) is 18.9 Å². The molecule has 0 bridgehead atoms. The first-order chi connectivity index (χ1) is 14.8. The number of halogens is 3. The Hall–Kier alpha value is -4.05. The molecule has 3 aromatic carbocycles. The number of ether oxygens (including phenoxy) is 1. The second-order valence-corrected chi connectivity index (χ2v) is 6.40. The number of anilines is 1. The molecular formula is C24H16F3NO3. The predicted octanol–water partition coefficient (Wildman–Crippen LogP) is 5.15. The third kappa shape index (κ3) is 5.52.